The minimum Gasteiger partial charge on any atom is -0.468 e. The summed E-state index contributed by atoms with van der Waals surface area (Å²) in [4.78, 5) is 6.82. The highest BCUT2D eigenvalue weighted by Gasteiger charge is 2.25. The molecule has 0 aliphatic carbocycles. The molecule has 142 valence electrons. The first kappa shape index (κ1) is 18.4. The highest BCUT2D eigenvalue weighted by Crippen LogP contribution is 2.24. The van der Waals surface area contributed by atoms with Gasteiger partial charge < -0.3 is 19.6 Å². The molecule has 1 fully saturated rings. The van der Waals surface area contributed by atoms with E-state index < -0.39 is 0 Å². The van der Waals surface area contributed by atoms with E-state index in [9.17, 15) is 0 Å². The van der Waals surface area contributed by atoms with Crippen LogP contribution in [0.2, 0.25) is 0 Å². The van der Waals surface area contributed by atoms with E-state index in [0.717, 1.165) is 57.3 Å². The quantitative estimate of drug-likeness (QED) is 0.402. The summed E-state index contributed by atoms with van der Waals surface area (Å²) >= 11 is 0. The lowest BCUT2D eigenvalue weighted by Crippen LogP contribution is -2.42. The Morgan fingerprint density at radius 2 is 2.04 bits per heavy atom. The summed E-state index contributed by atoms with van der Waals surface area (Å²) in [5.41, 5.74) is 0. The molecule has 2 N–H and O–H groups in total. The Bertz CT molecular complexity index is 633. The molecule has 2 aromatic rings. The standard InChI is InChI=1S/C18H29N7O/c1-19-18(20-8-2-3-9-24-14-22-23-15-24)21-13-16(17-7-6-12-26-17)25-10-4-5-11-25/h6-7,12,14-16H,2-5,8-11,13H2,1H3,(H2,19,20,21). The van der Waals surface area contributed by atoms with Gasteiger partial charge in [-0.25, -0.2) is 0 Å². The van der Waals surface area contributed by atoms with Crippen molar-refractivity contribution in [1.82, 2.24) is 30.3 Å². The third-order valence-electron chi connectivity index (χ3n) is 4.74. The number of aryl methyl sites for hydroxylation is 1. The number of hydrogen-bond acceptors (Lipinski definition) is 5. The van der Waals surface area contributed by atoms with Crippen molar-refractivity contribution >= 4 is 5.96 Å². The summed E-state index contributed by atoms with van der Waals surface area (Å²) in [6.07, 6.45) is 9.91. The number of aliphatic imine (C=N–C) groups is 1. The first-order chi connectivity index (χ1) is 12.9. The fraction of sp³-hybridized carbons (Fsp3) is 0.611. The van der Waals surface area contributed by atoms with E-state index in [1.807, 2.05) is 17.7 Å². The fourth-order valence-electron chi connectivity index (χ4n) is 3.32. The van der Waals surface area contributed by atoms with Crippen LogP contribution in [0.5, 0.6) is 0 Å². The Labute approximate surface area is 154 Å². The summed E-state index contributed by atoms with van der Waals surface area (Å²) in [6.45, 7) is 4.87. The summed E-state index contributed by atoms with van der Waals surface area (Å²) in [7, 11) is 1.81. The predicted octanol–water partition coefficient (Wildman–Crippen LogP) is 1.65. The Morgan fingerprint density at radius 3 is 2.73 bits per heavy atom. The van der Waals surface area contributed by atoms with Gasteiger partial charge in [-0.05, 0) is 50.9 Å². The third-order valence-corrected chi connectivity index (χ3v) is 4.74. The molecule has 1 aliphatic heterocycles. The number of nitrogens with zero attached hydrogens (tertiary/aromatic N) is 5. The maximum atomic E-state index is 5.67. The largest absolute Gasteiger partial charge is 0.468 e. The fourth-order valence-corrected chi connectivity index (χ4v) is 3.32. The van der Waals surface area contributed by atoms with Crippen molar-refractivity contribution in [3.8, 4) is 0 Å². The molecule has 0 spiro atoms. The normalized spacial score (nSPS) is 16.7. The minimum atomic E-state index is 0.250. The van der Waals surface area contributed by atoms with Crippen molar-refractivity contribution in [2.75, 3.05) is 33.2 Å². The molecule has 0 bridgehead atoms. The lowest BCUT2D eigenvalue weighted by atomic mass is 10.2. The van der Waals surface area contributed by atoms with Gasteiger partial charge in [0, 0.05) is 26.7 Å². The Hall–Kier alpha value is -2.35. The number of unbranched alkanes of at least 4 members (excludes halogenated alkanes) is 1. The van der Waals surface area contributed by atoms with E-state index in [4.69, 9.17) is 4.42 Å². The second kappa shape index (κ2) is 9.96. The third kappa shape index (κ3) is 5.32. The molecule has 8 nitrogen and oxygen atoms in total. The van der Waals surface area contributed by atoms with E-state index in [1.165, 1.54) is 12.8 Å². The number of aromatic nitrogens is 3. The molecule has 1 saturated heterocycles. The molecule has 1 unspecified atom stereocenters. The number of rotatable bonds is 9. The van der Waals surface area contributed by atoms with Crippen LogP contribution in [0.25, 0.3) is 0 Å². The van der Waals surface area contributed by atoms with Crippen LogP contribution in [0.1, 0.15) is 37.5 Å². The number of furan rings is 1. The predicted molar refractivity (Wildman–Crippen MR) is 101 cm³/mol. The van der Waals surface area contributed by atoms with Gasteiger partial charge in [0.2, 0.25) is 0 Å². The highest BCUT2D eigenvalue weighted by atomic mass is 16.3. The molecule has 1 aliphatic rings. The van der Waals surface area contributed by atoms with Crippen molar-refractivity contribution in [1.29, 1.82) is 0 Å². The molecule has 3 rings (SSSR count). The number of guanidine groups is 1. The molecular weight excluding hydrogens is 330 g/mol. The van der Waals surface area contributed by atoms with Crippen LogP contribution < -0.4 is 10.6 Å². The van der Waals surface area contributed by atoms with Crippen LogP contribution in [0, 0.1) is 0 Å². The van der Waals surface area contributed by atoms with Crippen LogP contribution >= 0.6 is 0 Å². The number of nitrogens with one attached hydrogen (secondary N) is 2. The summed E-state index contributed by atoms with van der Waals surface area (Å²) in [5.74, 6) is 1.86. The van der Waals surface area contributed by atoms with E-state index in [2.05, 4.69) is 36.8 Å². The van der Waals surface area contributed by atoms with Crippen LogP contribution in [-0.4, -0.2) is 58.9 Å². The lowest BCUT2D eigenvalue weighted by molar-refractivity contribution is 0.215. The zero-order valence-corrected chi connectivity index (χ0v) is 15.5. The monoisotopic (exact) mass is 359 g/mol. The Morgan fingerprint density at radius 1 is 1.23 bits per heavy atom. The average Bonchev–Trinajstić information content (AvgIpc) is 3.43. The smallest absolute Gasteiger partial charge is 0.191 e. The SMILES string of the molecule is CN=C(NCCCCn1cnnc1)NCC(c1ccco1)N1CCCC1. The molecule has 26 heavy (non-hydrogen) atoms. The van der Waals surface area contributed by atoms with Crippen LogP contribution in [-0.2, 0) is 6.54 Å². The molecule has 1 atom stereocenters. The van der Waals surface area contributed by atoms with E-state index in [-0.39, 0.29) is 6.04 Å². The Kier molecular flexibility index (Phi) is 7.06. The topological polar surface area (TPSA) is 83.5 Å². The summed E-state index contributed by atoms with van der Waals surface area (Å²) in [5, 5.41) is 14.5. The van der Waals surface area contributed by atoms with Gasteiger partial charge in [-0.1, -0.05) is 0 Å². The highest BCUT2D eigenvalue weighted by molar-refractivity contribution is 5.79. The molecule has 0 amide bonds. The van der Waals surface area contributed by atoms with E-state index in [1.54, 1.807) is 18.9 Å². The average molecular weight is 359 g/mol. The summed E-state index contributed by atoms with van der Waals surface area (Å²) < 4.78 is 7.67. The molecule has 8 heteroatoms. The molecule has 0 aromatic carbocycles. The second-order valence-electron chi connectivity index (χ2n) is 6.56. The first-order valence-corrected chi connectivity index (χ1v) is 9.41. The zero-order chi connectivity index (χ0) is 18.0. The van der Waals surface area contributed by atoms with E-state index >= 15 is 0 Å². The number of likely N-dealkylation sites (tertiary alicyclic amines) is 1. The van der Waals surface area contributed by atoms with Crippen LogP contribution in [0.15, 0.2) is 40.5 Å². The van der Waals surface area contributed by atoms with Gasteiger partial charge in [-0.2, -0.15) is 0 Å². The van der Waals surface area contributed by atoms with Crippen LogP contribution in [0.4, 0.5) is 0 Å². The van der Waals surface area contributed by atoms with Crippen LogP contribution in [0.3, 0.4) is 0 Å². The van der Waals surface area contributed by atoms with Crippen molar-refractivity contribution in [2.45, 2.75) is 38.3 Å². The van der Waals surface area contributed by atoms with E-state index in [0.29, 0.717) is 0 Å². The van der Waals surface area contributed by atoms with Gasteiger partial charge in [0.1, 0.15) is 18.4 Å². The van der Waals surface area contributed by atoms with Crippen molar-refractivity contribution in [3.05, 3.63) is 36.8 Å². The van der Waals surface area contributed by atoms with Gasteiger partial charge in [-0.15, -0.1) is 10.2 Å². The molecule has 0 radical (unpaired) electrons. The molecular formula is C18H29N7O. The maximum Gasteiger partial charge on any atom is 0.191 e. The summed E-state index contributed by atoms with van der Waals surface area (Å²) in [6, 6.07) is 4.27. The maximum absolute atomic E-state index is 5.67. The second-order valence-corrected chi connectivity index (χ2v) is 6.56. The molecule has 0 saturated carbocycles. The van der Waals surface area contributed by atoms with Gasteiger partial charge in [0.25, 0.3) is 0 Å². The van der Waals surface area contributed by atoms with Gasteiger partial charge in [-0.3, -0.25) is 9.89 Å². The van der Waals surface area contributed by atoms with Gasteiger partial charge in [0.05, 0.1) is 12.3 Å². The minimum absolute atomic E-state index is 0.250. The molecule has 2 aromatic heterocycles. The molecule has 3 heterocycles. The lowest BCUT2D eigenvalue weighted by Gasteiger charge is -2.26. The van der Waals surface area contributed by atoms with Gasteiger partial charge in [0.15, 0.2) is 5.96 Å². The first-order valence-electron chi connectivity index (χ1n) is 9.41. The van der Waals surface area contributed by atoms with Crippen molar-refractivity contribution in [3.63, 3.8) is 0 Å². The zero-order valence-electron chi connectivity index (χ0n) is 15.5. The number of hydrogen-bond donors (Lipinski definition) is 2. The van der Waals surface area contributed by atoms with Crippen molar-refractivity contribution < 1.29 is 4.42 Å². The van der Waals surface area contributed by atoms with Crippen molar-refractivity contribution in [2.24, 2.45) is 4.99 Å². The Balaban J connectivity index is 1.40. The van der Waals surface area contributed by atoms with Gasteiger partial charge >= 0.3 is 0 Å².